The molecule has 1 saturated carbocycles. The summed E-state index contributed by atoms with van der Waals surface area (Å²) >= 11 is 6.53. The highest BCUT2D eigenvalue weighted by Crippen LogP contribution is 2.42. The fraction of sp³-hybridized carbons (Fsp3) is 0.273. The summed E-state index contributed by atoms with van der Waals surface area (Å²) in [4.78, 5) is 20.7. The van der Waals surface area contributed by atoms with Crippen LogP contribution in [0.15, 0.2) is 30.9 Å². The van der Waals surface area contributed by atoms with E-state index in [0.29, 0.717) is 39.2 Å². The van der Waals surface area contributed by atoms with Crippen molar-refractivity contribution >= 4 is 45.4 Å². The fourth-order valence-electron chi connectivity index (χ4n) is 4.31. The summed E-state index contributed by atoms with van der Waals surface area (Å²) in [5.41, 5.74) is 3.30. The number of imidazole rings is 1. The number of nitrogens with one attached hydrogen (secondary N) is 2. The van der Waals surface area contributed by atoms with E-state index in [1.54, 1.807) is 23.0 Å². The van der Waals surface area contributed by atoms with Crippen molar-refractivity contribution in [2.45, 2.75) is 31.9 Å². The van der Waals surface area contributed by atoms with E-state index < -0.39 is 23.8 Å². The molecule has 1 amide bonds. The quantitative estimate of drug-likeness (QED) is 0.457. The van der Waals surface area contributed by atoms with Crippen LogP contribution in [-0.2, 0) is 4.79 Å². The third kappa shape index (κ3) is 2.99. The van der Waals surface area contributed by atoms with Crippen molar-refractivity contribution in [1.29, 1.82) is 0 Å². The first-order valence-electron chi connectivity index (χ1n) is 10.3. The van der Waals surface area contributed by atoms with Crippen LogP contribution in [-0.4, -0.2) is 36.6 Å². The maximum Gasteiger partial charge on any atom is 0.231 e. The summed E-state index contributed by atoms with van der Waals surface area (Å²) in [5, 5.41) is 10.3. The van der Waals surface area contributed by atoms with Crippen LogP contribution in [0.5, 0.6) is 0 Å². The number of anilines is 1. The molecule has 4 aromatic rings. The monoisotopic (exact) mass is 454 g/mol. The standard InChI is InChI=1S/C22H17ClF2N6O/c23-19-18(12-6-27-30-21(12)17(20(19)25)10-3-1-2-4-10)14-8-31-9-15(28-16(31)7-26-14)29-22(32)11-5-13(11)24/h3,6-9,11,13H,1-2,4-5H2,(H,27,30)(H,29,32)/t11-,13+/m1/s1. The Morgan fingerprint density at radius 3 is 2.88 bits per heavy atom. The molecular weight excluding hydrogens is 438 g/mol. The van der Waals surface area contributed by atoms with Crippen molar-refractivity contribution in [2.24, 2.45) is 5.92 Å². The van der Waals surface area contributed by atoms with Gasteiger partial charge in [0.25, 0.3) is 0 Å². The number of carbonyl (C=O) groups excluding carboxylic acids is 1. The number of amides is 1. The van der Waals surface area contributed by atoms with Gasteiger partial charge in [0.1, 0.15) is 6.17 Å². The van der Waals surface area contributed by atoms with Gasteiger partial charge in [-0.25, -0.2) is 13.8 Å². The number of alkyl halides is 1. The third-order valence-electron chi connectivity index (χ3n) is 6.05. The molecule has 6 rings (SSSR count). The number of rotatable bonds is 4. The van der Waals surface area contributed by atoms with E-state index in [9.17, 15) is 9.18 Å². The zero-order valence-corrected chi connectivity index (χ0v) is 17.5. The van der Waals surface area contributed by atoms with Gasteiger partial charge in [-0.2, -0.15) is 5.10 Å². The molecule has 3 aromatic heterocycles. The largest absolute Gasteiger partial charge is 0.309 e. The molecule has 2 aliphatic carbocycles. The maximum atomic E-state index is 15.4. The first-order valence-corrected chi connectivity index (χ1v) is 10.7. The van der Waals surface area contributed by atoms with Crippen molar-refractivity contribution in [2.75, 3.05) is 5.32 Å². The van der Waals surface area contributed by atoms with Gasteiger partial charge in [0.2, 0.25) is 5.91 Å². The molecule has 0 spiro atoms. The van der Waals surface area contributed by atoms with Gasteiger partial charge < -0.3 is 9.72 Å². The lowest BCUT2D eigenvalue weighted by atomic mass is 9.97. The van der Waals surface area contributed by atoms with Crippen molar-refractivity contribution in [3.05, 3.63) is 47.3 Å². The van der Waals surface area contributed by atoms with E-state index in [-0.39, 0.29) is 11.4 Å². The number of allylic oxidation sites excluding steroid dienone is 2. The van der Waals surface area contributed by atoms with Gasteiger partial charge in [0, 0.05) is 22.7 Å². The highest BCUT2D eigenvalue weighted by molar-refractivity contribution is 6.35. The van der Waals surface area contributed by atoms with Crippen LogP contribution in [0.4, 0.5) is 14.6 Å². The average Bonchev–Trinajstić information content (AvgIpc) is 3.21. The van der Waals surface area contributed by atoms with Crippen LogP contribution >= 0.6 is 11.6 Å². The predicted molar refractivity (Wildman–Crippen MR) is 117 cm³/mol. The molecule has 32 heavy (non-hydrogen) atoms. The molecule has 0 saturated heterocycles. The van der Waals surface area contributed by atoms with Crippen molar-refractivity contribution in [3.63, 3.8) is 0 Å². The first kappa shape index (κ1) is 19.4. The van der Waals surface area contributed by atoms with E-state index in [0.717, 1.165) is 24.8 Å². The van der Waals surface area contributed by atoms with Crippen LogP contribution in [0.2, 0.25) is 5.02 Å². The smallest absolute Gasteiger partial charge is 0.231 e. The second-order valence-electron chi connectivity index (χ2n) is 8.17. The molecule has 2 aliphatic rings. The van der Waals surface area contributed by atoms with Gasteiger partial charge in [-0.1, -0.05) is 17.7 Å². The SMILES string of the molecule is O=C(Nc1cn2cc(-c3c(Cl)c(F)c(C4=CCCC4)c4[nH]ncc34)ncc2n1)[C@@H]1C[C@@H]1F. The number of fused-ring (bicyclic) bond motifs is 2. The minimum absolute atomic E-state index is 0.0232. The molecule has 1 aromatic carbocycles. The number of hydrogen-bond donors (Lipinski definition) is 2. The summed E-state index contributed by atoms with van der Waals surface area (Å²) in [5.74, 6) is -1.21. The Morgan fingerprint density at radius 1 is 1.28 bits per heavy atom. The van der Waals surface area contributed by atoms with E-state index in [4.69, 9.17) is 11.6 Å². The van der Waals surface area contributed by atoms with Gasteiger partial charge in [-0.05, 0) is 31.3 Å². The molecule has 3 heterocycles. The number of hydrogen-bond acceptors (Lipinski definition) is 4. The normalized spacial score (nSPS) is 20.2. The van der Waals surface area contributed by atoms with Crippen LogP contribution < -0.4 is 5.32 Å². The van der Waals surface area contributed by atoms with Gasteiger partial charge in [-0.15, -0.1) is 0 Å². The second-order valence-corrected chi connectivity index (χ2v) is 8.55. The molecule has 0 unspecified atom stereocenters. The summed E-state index contributed by atoms with van der Waals surface area (Å²) < 4.78 is 30.2. The number of nitrogens with zero attached hydrogens (tertiary/aromatic N) is 4. The maximum absolute atomic E-state index is 15.4. The minimum Gasteiger partial charge on any atom is -0.309 e. The molecule has 2 N–H and O–H groups in total. The Kier molecular flexibility index (Phi) is 4.29. The second kappa shape index (κ2) is 7.09. The Labute approximate surface area is 185 Å². The van der Waals surface area contributed by atoms with Crippen LogP contribution in [0.25, 0.3) is 33.4 Å². The van der Waals surface area contributed by atoms with E-state index in [2.05, 4.69) is 25.5 Å². The summed E-state index contributed by atoms with van der Waals surface area (Å²) in [6.45, 7) is 0. The fourth-order valence-corrected chi connectivity index (χ4v) is 4.60. The number of carbonyl (C=O) groups is 1. The Balaban J connectivity index is 1.44. The van der Waals surface area contributed by atoms with Gasteiger partial charge in [-0.3, -0.25) is 14.9 Å². The van der Waals surface area contributed by atoms with Crippen molar-refractivity contribution in [3.8, 4) is 11.3 Å². The lowest BCUT2D eigenvalue weighted by molar-refractivity contribution is -0.117. The first-order chi connectivity index (χ1) is 15.5. The summed E-state index contributed by atoms with van der Waals surface area (Å²) in [6.07, 6.45) is 10.3. The van der Waals surface area contributed by atoms with Crippen molar-refractivity contribution < 1.29 is 13.6 Å². The van der Waals surface area contributed by atoms with Crippen LogP contribution in [0, 0.1) is 11.7 Å². The topological polar surface area (TPSA) is 88.0 Å². The predicted octanol–water partition coefficient (Wildman–Crippen LogP) is 4.93. The van der Waals surface area contributed by atoms with Gasteiger partial charge in [0.15, 0.2) is 17.3 Å². The molecule has 10 heteroatoms. The Morgan fingerprint density at radius 2 is 2.12 bits per heavy atom. The number of H-pyrrole nitrogens is 1. The zero-order valence-electron chi connectivity index (χ0n) is 16.7. The molecule has 162 valence electrons. The Bertz CT molecular complexity index is 1440. The van der Waals surface area contributed by atoms with E-state index >= 15 is 4.39 Å². The molecule has 0 aliphatic heterocycles. The number of aromatic amines is 1. The molecule has 1 fully saturated rings. The van der Waals surface area contributed by atoms with E-state index in [1.165, 1.54) is 6.20 Å². The highest BCUT2D eigenvalue weighted by Gasteiger charge is 2.43. The summed E-state index contributed by atoms with van der Waals surface area (Å²) in [6, 6.07) is 0. The lowest BCUT2D eigenvalue weighted by Gasteiger charge is -2.13. The van der Waals surface area contributed by atoms with Crippen molar-refractivity contribution in [1.82, 2.24) is 24.6 Å². The van der Waals surface area contributed by atoms with Gasteiger partial charge in [0.05, 0.1) is 40.7 Å². The van der Waals surface area contributed by atoms with E-state index in [1.807, 2.05) is 6.08 Å². The lowest BCUT2D eigenvalue weighted by Crippen LogP contribution is -2.15. The molecule has 2 atom stereocenters. The number of halogens is 3. The average molecular weight is 455 g/mol. The minimum atomic E-state index is -1.09. The molecule has 7 nitrogen and oxygen atoms in total. The third-order valence-corrected chi connectivity index (χ3v) is 6.41. The van der Waals surface area contributed by atoms with Crippen LogP contribution in [0.3, 0.4) is 0 Å². The number of benzene rings is 1. The molecule has 0 radical (unpaired) electrons. The molecular formula is C22H17ClF2N6O. The van der Waals surface area contributed by atoms with Crippen LogP contribution in [0.1, 0.15) is 31.2 Å². The number of aromatic nitrogens is 5. The molecule has 0 bridgehead atoms. The van der Waals surface area contributed by atoms with Gasteiger partial charge >= 0.3 is 0 Å². The zero-order chi connectivity index (χ0) is 22.0. The summed E-state index contributed by atoms with van der Waals surface area (Å²) in [7, 11) is 0. The highest BCUT2D eigenvalue weighted by atomic mass is 35.5. The Hall–Kier alpha value is -3.33.